The lowest BCUT2D eigenvalue weighted by atomic mass is 9.76. The highest BCUT2D eigenvalue weighted by Gasteiger charge is 2.34. The number of hydrogen-bond donors (Lipinski definition) is 3. The van der Waals surface area contributed by atoms with E-state index in [2.05, 4.69) is 10.3 Å². The average Bonchev–Trinajstić information content (AvgIpc) is 3.12. The number of alkyl carbamates (subject to hydrolysis) is 1. The van der Waals surface area contributed by atoms with Gasteiger partial charge in [0.1, 0.15) is 18.4 Å². The molecule has 8 nitrogen and oxygen atoms in total. The minimum atomic E-state index is -1.35. The number of benzene rings is 2. The molecule has 4 rings (SSSR count). The van der Waals surface area contributed by atoms with Crippen molar-refractivity contribution in [2.75, 3.05) is 13.2 Å². The van der Waals surface area contributed by atoms with Crippen molar-refractivity contribution >= 4 is 23.6 Å². The minimum Gasteiger partial charge on any atom is -0.511 e. The number of carboxylic acids is 1. The van der Waals surface area contributed by atoms with Crippen molar-refractivity contribution in [3.05, 3.63) is 71.0 Å². The number of fused-ring (bicyclic) bond motifs is 3. The van der Waals surface area contributed by atoms with E-state index in [9.17, 15) is 24.6 Å². The molecule has 0 saturated heterocycles. The lowest BCUT2D eigenvalue weighted by Gasteiger charge is -2.29. The number of carbonyl (C=O) groups excluding carboxylic acids is 2. The van der Waals surface area contributed by atoms with Crippen molar-refractivity contribution in [3.8, 4) is 11.1 Å². The second-order valence-corrected chi connectivity index (χ2v) is 10.0. The van der Waals surface area contributed by atoms with Gasteiger partial charge in [0.25, 0.3) is 0 Å². The molecular formula is C28H30N2O6. The van der Waals surface area contributed by atoms with Crippen LogP contribution in [-0.2, 0) is 14.3 Å². The fourth-order valence-electron chi connectivity index (χ4n) is 4.97. The molecule has 188 valence electrons. The van der Waals surface area contributed by atoms with Gasteiger partial charge in [-0.3, -0.25) is 9.79 Å². The van der Waals surface area contributed by atoms with Crippen LogP contribution < -0.4 is 5.32 Å². The number of hydrogen-bond acceptors (Lipinski definition) is 6. The van der Waals surface area contributed by atoms with E-state index in [1.165, 1.54) is 0 Å². The van der Waals surface area contributed by atoms with Crippen molar-refractivity contribution in [2.45, 2.75) is 45.6 Å². The summed E-state index contributed by atoms with van der Waals surface area (Å²) in [5.74, 6) is -1.72. The Hall–Kier alpha value is -3.94. The van der Waals surface area contributed by atoms with Crippen molar-refractivity contribution in [1.82, 2.24) is 5.32 Å². The van der Waals surface area contributed by atoms with Gasteiger partial charge >= 0.3 is 12.1 Å². The summed E-state index contributed by atoms with van der Waals surface area (Å²) in [6.45, 7) is 5.08. The number of aliphatic hydroxyl groups is 1. The Labute approximate surface area is 209 Å². The molecule has 0 aliphatic heterocycles. The van der Waals surface area contributed by atoms with Gasteiger partial charge in [0, 0.05) is 24.5 Å². The average molecular weight is 491 g/mol. The van der Waals surface area contributed by atoms with E-state index < -0.39 is 18.1 Å². The van der Waals surface area contributed by atoms with E-state index in [4.69, 9.17) is 4.74 Å². The number of nitrogens with zero attached hydrogens (tertiary/aromatic N) is 1. The molecule has 8 heteroatoms. The lowest BCUT2D eigenvalue weighted by Crippen LogP contribution is -2.43. The number of ether oxygens (including phenoxy) is 1. The molecule has 0 unspecified atom stereocenters. The Morgan fingerprint density at radius 1 is 1.08 bits per heavy atom. The van der Waals surface area contributed by atoms with Gasteiger partial charge in [-0.15, -0.1) is 0 Å². The third-order valence-corrected chi connectivity index (χ3v) is 6.66. The molecule has 1 amide bonds. The summed E-state index contributed by atoms with van der Waals surface area (Å²) in [5.41, 5.74) is 4.31. The quantitative estimate of drug-likeness (QED) is 0.486. The fourth-order valence-corrected chi connectivity index (χ4v) is 4.97. The number of nitrogens with one attached hydrogen (secondary N) is 1. The highest BCUT2D eigenvalue weighted by molar-refractivity contribution is 6.22. The molecule has 2 aromatic rings. The van der Waals surface area contributed by atoms with Gasteiger partial charge in [-0.25, -0.2) is 9.59 Å². The Morgan fingerprint density at radius 2 is 1.67 bits per heavy atom. The van der Waals surface area contributed by atoms with E-state index in [0.717, 1.165) is 22.3 Å². The number of aliphatic hydroxyl groups excluding tert-OH is 1. The smallest absolute Gasteiger partial charge is 0.407 e. The zero-order chi connectivity index (χ0) is 26.0. The standard InChI is InChI=1S/C28H30N2O6/c1-16(25-23(31)12-28(2,3)13-24(25)32)29-14-22(26(33)34)30-27(35)36-15-21-19-10-6-4-8-17(19)18-9-5-7-11-20(18)21/h4-11,21-22,31H,12-15H2,1-3H3,(H,30,35)(H,33,34)/t22-/m0/s1. The molecule has 2 aliphatic carbocycles. The highest BCUT2D eigenvalue weighted by Crippen LogP contribution is 2.44. The summed E-state index contributed by atoms with van der Waals surface area (Å²) < 4.78 is 5.44. The molecule has 36 heavy (non-hydrogen) atoms. The Balaban J connectivity index is 1.41. The number of rotatable bonds is 7. The number of amides is 1. The Kier molecular flexibility index (Phi) is 6.97. The number of aliphatic imine (C=N–C) groups is 1. The largest absolute Gasteiger partial charge is 0.511 e. The number of carbonyl (C=O) groups is 3. The van der Waals surface area contributed by atoms with Gasteiger partial charge in [-0.2, -0.15) is 0 Å². The van der Waals surface area contributed by atoms with Gasteiger partial charge in [0.2, 0.25) is 0 Å². The molecular weight excluding hydrogens is 460 g/mol. The first kappa shape index (κ1) is 25.2. The summed E-state index contributed by atoms with van der Waals surface area (Å²) >= 11 is 0. The zero-order valence-corrected chi connectivity index (χ0v) is 20.6. The van der Waals surface area contributed by atoms with Crippen LogP contribution in [0.4, 0.5) is 4.79 Å². The summed E-state index contributed by atoms with van der Waals surface area (Å²) in [7, 11) is 0. The summed E-state index contributed by atoms with van der Waals surface area (Å²) in [6, 6.07) is 14.5. The van der Waals surface area contributed by atoms with Crippen LogP contribution in [0, 0.1) is 5.41 Å². The zero-order valence-electron chi connectivity index (χ0n) is 20.6. The van der Waals surface area contributed by atoms with Crippen LogP contribution in [0.5, 0.6) is 0 Å². The predicted molar refractivity (Wildman–Crippen MR) is 135 cm³/mol. The van der Waals surface area contributed by atoms with Crippen molar-refractivity contribution in [3.63, 3.8) is 0 Å². The molecule has 0 heterocycles. The minimum absolute atomic E-state index is 0.0473. The molecule has 1 atom stereocenters. The predicted octanol–water partition coefficient (Wildman–Crippen LogP) is 4.64. The second kappa shape index (κ2) is 9.97. The molecule has 2 aromatic carbocycles. The molecule has 3 N–H and O–H groups in total. The third kappa shape index (κ3) is 5.17. The fraction of sp³-hybridized carbons (Fsp3) is 0.357. The van der Waals surface area contributed by atoms with Gasteiger partial charge < -0.3 is 20.3 Å². The maximum atomic E-state index is 12.5. The van der Waals surface area contributed by atoms with Crippen molar-refractivity contribution in [1.29, 1.82) is 0 Å². The molecule has 0 saturated carbocycles. The van der Waals surface area contributed by atoms with E-state index >= 15 is 0 Å². The summed E-state index contributed by atoms with van der Waals surface area (Å²) in [4.78, 5) is 41.0. The van der Waals surface area contributed by atoms with E-state index in [-0.39, 0.29) is 53.7 Å². The first-order chi connectivity index (χ1) is 17.1. The van der Waals surface area contributed by atoms with E-state index in [0.29, 0.717) is 6.42 Å². The maximum absolute atomic E-state index is 12.5. The SMILES string of the molecule is CC(=NC[C@H](NC(=O)OCC1c2ccccc2-c2ccccc21)C(=O)O)C1=C(O)CC(C)(C)CC1=O. The Bertz CT molecular complexity index is 1230. The van der Waals surface area contributed by atoms with Crippen molar-refractivity contribution < 1.29 is 29.3 Å². The number of allylic oxidation sites excluding steroid dienone is 2. The normalized spacial score (nSPS) is 17.9. The van der Waals surface area contributed by atoms with Crippen molar-refractivity contribution in [2.24, 2.45) is 10.4 Å². The van der Waals surface area contributed by atoms with Crippen LogP contribution in [-0.4, -0.2) is 53.0 Å². The van der Waals surface area contributed by atoms with Crippen LogP contribution in [0.2, 0.25) is 0 Å². The third-order valence-electron chi connectivity index (χ3n) is 6.66. The van der Waals surface area contributed by atoms with Crippen LogP contribution >= 0.6 is 0 Å². The van der Waals surface area contributed by atoms with Gasteiger partial charge in [-0.1, -0.05) is 62.4 Å². The number of Topliss-reactive ketones (excluding diaryl/α,β-unsaturated/α-hetero) is 1. The maximum Gasteiger partial charge on any atom is 0.407 e. The molecule has 0 bridgehead atoms. The monoisotopic (exact) mass is 490 g/mol. The van der Waals surface area contributed by atoms with Gasteiger partial charge in [0.05, 0.1) is 12.1 Å². The lowest BCUT2D eigenvalue weighted by molar-refractivity contribution is -0.139. The number of ketones is 1. The van der Waals surface area contributed by atoms with Crippen LogP contribution in [0.1, 0.15) is 50.7 Å². The van der Waals surface area contributed by atoms with Crippen LogP contribution in [0.15, 0.2) is 64.9 Å². The molecule has 2 aliphatic rings. The Morgan fingerprint density at radius 3 is 2.22 bits per heavy atom. The van der Waals surface area contributed by atoms with Gasteiger partial charge in [-0.05, 0) is 34.6 Å². The summed E-state index contributed by atoms with van der Waals surface area (Å²) in [6.07, 6.45) is -0.268. The second-order valence-electron chi connectivity index (χ2n) is 10.0. The first-order valence-electron chi connectivity index (χ1n) is 11.9. The first-order valence-corrected chi connectivity index (χ1v) is 11.9. The molecule has 0 aromatic heterocycles. The number of aliphatic carboxylic acids is 1. The number of carboxylic acid groups (broad SMARTS) is 1. The summed E-state index contributed by atoms with van der Waals surface area (Å²) in [5, 5.41) is 22.3. The molecule has 0 spiro atoms. The van der Waals surface area contributed by atoms with Gasteiger partial charge in [0.15, 0.2) is 5.78 Å². The molecule has 0 fully saturated rings. The topological polar surface area (TPSA) is 125 Å². The van der Waals surface area contributed by atoms with Crippen LogP contribution in [0.25, 0.3) is 11.1 Å². The van der Waals surface area contributed by atoms with E-state index in [1.807, 2.05) is 62.4 Å². The van der Waals surface area contributed by atoms with Crippen LogP contribution in [0.3, 0.4) is 0 Å². The highest BCUT2D eigenvalue weighted by atomic mass is 16.5. The van der Waals surface area contributed by atoms with E-state index in [1.54, 1.807) is 6.92 Å². The molecule has 0 radical (unpaired) electrons.